The Bertz CT molecular complexity index is 288. The van der Waals surface area contributed by atoms with Gasteiger partial charge in [0.15, 0.2) is 0 Å². The number of nitrogens with zero attached hydrogens (tertiary/aromatic N) is 1. The van der Waals surface area contributed by atoms with Gasteiger partial charge < -0.3 is 6.42 Å². The normalized spacial score (nSPS) is 20.0. The van der Waals surface area contributed by atoms with Crippen molar-refractivity contribution in [3.8, 4) is 0 Å². The second-order valence-corrected chi connectivity index (χ2v) is 3.03. The molecular formula is C8H6ClFKN. The summed E-state index contributed by atoms with van der Waals surface area (Å²) in [4.78, 5) is 3.90. The minimum absolute atomic E-state index is 0. The quantitative estimate of drug-likeness (QED) is 0.452. The molecule has 0 unspecified atom stereocenters. The molecule has 1 aliphatic carbocycles. The average molecular weight is 210 g/mol. The molecule has 12 heavy (non-hydrogen) atoms. The summed E-state index contributed by atoms with van der Waals surface area (Å²) in [5.74, 6) is -0.0662. The van der Waals surface area contributed by atoms with Crippen LogP contribution in [0.4, 0.5) is 4.39 Å². The predicted molar refractivity (Wildman–Crippen MR) is 40.9 cm³/mol. The van der Waals surface area contributed by atoms with Crippen molar-refractivity contribution < 1.29 is 55.8 Å². The van der Waals surface area contributed by atoms with Crippen LogP contribution in [0.25, 0.3) is 0 Å². The third kappa shape index (κ3) is 2.50. The Kier molecular flexibility index (Phi) is 4.14. The molecule has 0 spiro atoms. The number of hydrogen-bond donors (Lipinski definition) is 0. The largest absolute Gasteiger partial charge is 1.00 e. The van der Waals surface area contributed by atoms with Crippen LogP contribution in [-0.4, -0.2) is 4.98 Å². The average Bonchev–Trinajstić information content (AvgIpc) is 2.70. The van der Waals surface area contributed by atoms with Gasteiger partial charge in [0.05, 0.1) is 5.02 Å². The minimum Gasteiger partial charge on any atom is -0.324 e. The molecule has 2 rings (SSSR count). The zero-order valence-corrected chi connectivity index (χ0v) is 10.6. The van der Waals surface area contributed by atoms with Crippen LogP contribution in [0.5, 0.6) is 0 Å². The Morgan fingerprint density at radius 1 is 1.67 bits per heavy atom. The maximum absolute atomic E-state index is 13.0. The Morgan fingerprint density at radius 3 is 2.83 bits per heavy atom. The van der Waals surface area contributed by atoms with Crippen LogP contribution in [0.15, 0.2) is 12.3 Å². The van der Waals surface area contributed by atoms with E-state index >= 15 is 0 Å². The van der Waals surface area contributed by atoms with Gasteiger partial charge in [0.2, 0.25) is 0 Å². The molecule has 1 aromatic rings. The van der Waals surface area contributed by atoms with E-state index in [0.717, 1.165) is 6.42 Å². The van der Waals surface area contributed by atoms with Crippen molar-refractivity contribution in [3.05, 3.63) is 35.2 Å². The van der Waals surface area contributed by atoms with Gasteiger partial charge in [0.1, 0.15) is 5.82 Å². The molecule has 0 radical (unpaired) electrons. The Labute approximate surface area is 118 Å². The van der Waals surface area contributed by atoms with Gasteiger partial charge in [-0.2, -0.15) is 6.42 Å². The van der Waals surface area contributed by atoms with E-state index in [4.69, 9.17) is 11.6 Å². The third-order valence-corrected chi connectivity index (χ3v) is 1.87. The van der Waals surface area contributed by atoms with Crippen LogP contribution in [0.3, 0.4) is 0 Å². The van der Waals surface area contributed by atoms with E-state index in [1.807, 2.05) is 6.42 Å². The van der Waals surface area contributed by atoms with Gasteiger partial charge in [-0.15, -0.1) is 5.92 Å². The smallest absolute Gasteiger partial charge is 0.324 e. The molecule has 1 nitrogen and oxygen atoms in total. The van der Waals surface area contributed by atoms with E-state index in [9.17, 15) is 4.39 Å². The molecular weight excluding hydrogens is 204 g/mol. The Balaban J connectivity index is 0.000000720. The van der Waals surface area contributed by atoms with E-state index < -0.39 is 0 Å². The summed E-state index contributed by atoms with van der Waals surface area (Å²) in [6.07, 6.45) is 4.43. The van der Waals surface area contributed by atoms with E-state index in [0.29, 0.717) is 10.7 Å². The second kappa shape index (κ2) is 4.49. The standard InChI is InChI=1S/C8H6ClFN.K/c9-6-3-7(10)8(11-4-6)5-1-2-5;/h1,3-5H,2H2;/q-1;+1/t5-;/m1./s1. The van der Waals surface area contributed by atoms with Crippen molar-refractivity contribution in [1.29, 1.82) is 0 Å². The van der Waals surface area contributed by atoms with E-state index in [1.54, 1.807) is 0 Å². The summed E-state index contributed by atoms with van der Waals surface area (Å²) >= 11 is 5.53. The number of pyridine rings is 1. The fraction of sp³-hybridized carbons (Fsp3) is 0.250. The van der Waals surface area contributed by atoms with E-state index in [2.05, 4.69) is 4.98 Å². The number of aromatic nitrogens is 1. The van der Waals surface area contributed by atoms with Crippen LogP contribution in [0, 0.1) is 12.2 Å². The van der Waals surface area contributed by atoms with Gasteiger partial charge in [-0.1, -0.05) is 11.6 Å². The molecule has 1 fully saturated rings. The molecule has 1 saturated carbocycles. The molecule has 4 heteroatoms. The topological polar surface area (TPSA) is 12.9 Å². The van der Waals surface area contributed by atoms with Gasteiger partial charge in [-0.05, 0) is 6.07 Å². The summed E-state index contributed by atoms with van der Waals surface area (Å²) < 4.78 is 13.0. The first-order chi connectivity index (χ1) is 5.27. The molecule has 0 aromatic carbocycles. The van der Waals surface area contributed by atoms with Gasteiger partial charge in [0.25, 0.3) is 0 Å². The van der Waals surface area contributed by atoms with Crippen LogP contribution in [-0.2, 0) is 0 Å². The van der Waals surface area contributed by atoms with Crippen molar-refractivity contribution in [2.75, 3.05) is 0 Å². The first-order valence-corrected chi connectivity index (χ1v) is 3.79. The SMILES string of the molecule is Fc1cc(Cl)cnc1[C@@H]1[CH-]C1.[K+]. The van der Waals surface area contributed by atoms with Gasteiger partial charge >= 0.3 is 51.4 Å². The third-order valence-electron chi connectivity index (χ3n) is 1.66. The Morgan fingerprint density at radius 2 is 2.33 bits per heavy atom. The molecule has 0 saturated heterocycles. The van der Waals surface area contributed by atoms with Crippen LogP contribution < -0.4 is 51.4 Å². The fourth-order valence-corrected chi connectivity index (χ4v) is 1.13. The van der Waals surface area contributed by atoms with Gasteiger partial charge in [0, 0.05) is 11.9 Å². The molecule has 1 aliphatic rings. The molecule has 1 aromatic heterocycles. The molecule has 0 amide bonds. The van der Waals surface area contributed by atoms with E-state index in [1.165, 1.54) is 12.3 Å². The molecule has 0 aliphatic heterocycles. The van der Waals surface area contributed by atoms with Crippen LogP contribution >= 0.6 is 11.6 Å². The maximum Gasteiger partial charge on any atom is 1.00 e. The van der Waals surface area contributed by atoms with Crippen molar-refractivity contribution in [2.24, 2.45) is 0 Å². The van der Waals surface area contributed by atoms with Crippen LogP contribution in [0.1, 0.15) is 18.0 Å². The summed E-state index contributed by atoms with van der Waals surface area (Å²) in [6, 6.07) is 1.30. The summed E-state index contributed by atoms with van der Waals surface area (Å²) in [6.45, 7) is 0. The van der Waals surface area contributed by atoms with Crippen molar-refractivity contribution >= 4 is 11.6 Å². The zero-order chi connectivity index (χ0) is 7.84. The van der Waals surface area contributed by atoms with Crippen LogP contribution in [0.2, 0.25) is 5.02 Å². The predicted octanol–water partition coefficient (Wildman–Crippen LogP) is -0.430. The van der Waals surface area contributed by atoms with Gasteiger partial charge in [-0.25, -0.2) is 4.39 Å². The first-order valence-electron chi connectivity index (χ1n) is 3.41. The molecule has 0 N–H and O–H groups in total. The molecule has 1 heterocycles. The zero-order valence-electron chi connectivity index (χ0n) is 6.72. The maximum atomic E-state index is 13.0. The Hall–Kier alpha value is 1.01. The summed E-state index contributed by atoms with van der Waals surface area (Å²) in [5.41, 5.74) is 0.523. The van der Waals surface area contributed by atoms with Crippen molar-refractivity contribution in [1.82, 2.24) is 4.98 Å². The van der Waals surface area contributed by atoms with E-state index in [-0.39, 0.29) is 63.1 Å². The molecule has 1 atom stereocenters. The van der Waals surface area contributed by atoms with Gasteiger partial charge in [-0.3, -0.25) is 4.98 Å². The molecule has 58 valence electrons. The fourth-order valence-electron chi connectivity index (χ4n) is 0.989. The number of rotatable bonds is 1. The summed E-state index contributed by atoms with van der Waals surface area (Å²) in [7, 11) is 0. The summed E-state index contributed by atoms with van der Waals surface area (Å²) in [5, 5.41) is 0.354. The van der Waals surface area contributed by atoms with Crippen molar-refractivity contribution in [3.63, 3.8) is 0 Å². The van der Waals surface area contributed by atoms with Crippen molar-refractivity contribution in [2.45, 2.75) is 12.3 Å². The number of halogens is 2. The number of hydrogen-bond acceptors (Lipinski definition) is 1. The first kappa shape index (κ1) is 11.1. The second-order valence-electron chi connectivity index (χ2n) is 2.60. The molecule has 0 bridgehead atoms. The minimum atomic E-state index is -0.295. The monoisotopic (exact) mass is 209 g/mol.